The number of aryl methyl sites for hydroxylation is 2. The molecule has 3 aromatic rings. The smallest absolute Gasteiger partial charge is 0.251 e. The average molecular weight is 496 g/mol. The predicted octanol–water partition coefficient (Wildman–Crippen LogP) is 5.54. The third-order valence-corrected chi connectivity index (χ3v) is 7.91. The van der Waals surface area contributed by atoms with Crippen LogP contribution in [0.25, 0.3) is 5.65 Å². The number of nitrogens with one attached hydrogen (secondary N) is 1. The SMILES string of the molecule is CCN(c1cc(Cl)cc(C(=O)NCc2c(C)cc(C)n3ccnc23)c1C)[C@H]1CC[C@H](N(C)C)CC1. The molecule has 2 heterocycles. The molecule has 1 amide bonds. The van der Waals surface area contributed by atoms with E-state index in [2.05, 4.69) is 65.4 Å². The molecule has 1 aliphatic carbocycles. The first-order valence-electron chi connectivity index (χ1n) is 12.6. The topological polar surface area (TPSA) is 52.9 Å². The van der Waals surface area contributed by atoms with Gasteiger partial charge in [-0.3, -0.25) is 4.79 Å². The van der Waals surface area contributed by atoms with Crippen molar-refractivity contribution >= 4 is 28.8 Å². The van der Waals surface area contributed by atoms with E-state index in [1.54, 1.807) is 12.3 Å². The van der Waals surface area contributed by atoms with E-state index in [4.69, 9.17) is 11.6 Å². The van der Waals surface area contributed by atoms with E-state index in [1.807, 2.05) is 19.2 Å². The molecule has 1 aromatic carbocycles. The number of anilines is 1. The molecule has 0 saturated heterocycles. The van der Waals surface area contributed by atoms with Gasteiger partial charge in [-0.25, -0.2) is 4.98 Å². The van der Waals surface area contributed by atoms with Crippen molar-refractivity contribution in [1.82, 2.24) is 19.6 Å². The lowest BCUT2D eigenvalue weighted by atomic mass is 9.89. The molecular formula is C28H38ClN5O. The van der Waals surface area contributed by atoms with Gasteiger partial charge in [0, 0.05) is 65.1 Å². The molecule has 1 N–H and O–H groups in total. The van der Waals surface area contributed by atoms with Crippen LogP contribution >= 0.6 is 11.6 Å². The lowest BCUT2D eigenvalue weighted by Gasteiger charge is -2.40. The monoisotopic (exact) mass is 495 g/mol. The van der Waals surface area contributed by atoms with E-state index in [9.17, 15) is 4.79 Å². The summed E-state index contributed by atoms with van der Waals surface area (Å²) in [6.45, 7) is 9.66. The number of hydrogen-bond acceptors (Lipinski definition) is 4. The van der Waals surface area contributed by atoms with Crippen molar-refractivity contribution in [2.45, 2.75) is 72.0 Å². The van der Waals surface area contributed by atoms with Crippen LogP contribution in [0.4, 0.5) is 5.69 Å². The minimum atomic E-state index is -0.108. The second-order valence-corrected chi connectivity index (χ2v) is 10.5. The molecule has 0 unspecified atom stereocenters. The second-order valence-electron chi connectivity index (χ2n) is 10.1. The molecule has 4 rings (SSSR count). The Kier molecular flexibility index (Phi) is 7.72. The number of fused-ring (bicyclic) bond motifs is 1. The van der Waals surface area contributed by atoms with Gasteiger partial charge in [-0.2, -0.15) is 0 Å². The van der Waals surface area contributed by atoms with Crippen LogP contribution in [0, 0.1) is 20.8 Å². The van der Waals surface area contributed by atoms with Crippen molar-refractivity contribution in [3.63, 3.8) is 0 Å². The first kappa shape index (κ1) is 25.5. The van der Waals surface area contributed by atoms with Crippen molar-refractivity contribution in [3.05, 3.63) is 63.6 Å². The fraction of sp³-hybridized carbons (Fsp3) is 0.500. The van der Waals surface area contributed by atoms with Crippen molar-refractivity contribution in [2.24, 2.45) is 0 Å². The minimum absolute atomic E-state index is 0.108. The molecule has 188 valence electrons. The van der Waals surface area contributed by atoms with Gasteiger partial charge in [0.1, 0.15) is 5.65 Å². The first-order valence-corrected chi connectivity index (χ1v) is 13.0. The fourth-order valence-electron chi connectivity index (χ4n) is 5.65. The number of rotatable bonds is 7. The van der Waals surface area contributed by atoms with E-state index >= 15 is 0 Å². The Hall–Kier alpha value is -2.57. The highest BCUT2D eigenvalue weighted by Crippen LogP contribution is 2.34. The van der Waals surface area contributed by atoms with Crippen LogP contribution in [0.3, 0.4) is 0 Å². The Morgan fingerprint density at radius 3 is 2.46 bits per heavy atom. The summed E-state index contributed by atoms with van der Waals surface area (Å²) in [6.07, 6.45) is 8.44. The fourth-order valence-corrected chi connectivity index (χ4v) is 5.86. The summed E-state index contributed by atoms with van der Waals surface area (Å²) in [4.78, 5) is 22.7. The molecule has 0 aliphatic heterocycles. The summed E-state index contributed by atoms with van der Waals surface area (Å²) < 4.78 is 2.06. The van der Waals surface area contributed by atoms with Gasteiger partial charge in [-0.1, -0.05) is 11.6 Å². The summed E-state index contributed by atoms with van der Waals surface area (Å²) in [7, 11) is 4.34. The number of amides is 1. The Morgan fingerprint density at radius 1 is 1.11 bits per heavy atom. The number of carbonyl (C=O) groups is 1. The van der Waals surface area contributed by atoms with Gasteiger partial charge in [0.25, 0.3) is 5.91 Å². The van der Waals surface area contributed by atoms with Crippen LogP contribution < -0.4 is 10.2 Å². The maximum absolute atomic E-state index is 13.4. The molecule has 0 spiro atoms. The van der Waals surface area contributed by atoms with Crippen molar-refractivity contribution in [3.8, 4) is 0 Å². The highest BCUT2D eigenvalue weighted by molar-refractivity contribution is 6.31. The molecule has 0 atom stereocenters. The predicted molar refractivity (Wildman–Crippen MR) is 145 cm³/mol. The summed E-state index contributed by atoms with van der Waals surface area (Å²) in [5.74, 6) is -0.108. The van der Waals surface area contributed by atoms with E-state index in [-0.39, 0.29) is 5.91 Å². The molecule has 0 radical (unpaired) electrons. The summed E-state index contributed by atoms with van der Waals surface area (Å²) >= 11 is 6.57. The quantitative estimate of drug-likeness (QED) is 0.467. The van der Waals surface area contributed by atoms with Crippen LogP contribution in [-0.4, -0.2) is 52.9 Å². The number of imidazole rings is 1. The molecule has 2 aromatic heterocycles. The molecule has 1 fully saturated rings. The van der Waals surface area contributed by atoms with Gasteiger partial charge in [0.2, 0.25) is 0 Å². The molecular weight excluding hydrogens is 458 g/mol. The maximum atomic E-state index is 13.4. The minimum Gasteiger partial charge on any atom is -0.369 e. The van der Waals surface area contributed by atoms with E-state index in [0.717, 1.165) is 53.1 Å². The third kappa shape index (κ3) is 5.19. The summed E-state index contributed by atoms with van der Waals surface area (Å²) in [6, 6.07) is 7.06. The van der Waals surface area contributed by atoms with Gasteiger partial charge in [0.05, 0.1) is 0 Å². The molecule has 35 heavy (non-hydrogen) atoms. The van der Waals surface area contributed by atoms with Crippen LogP contribution in [0.1, 0.15) is 65.3 Å². The van der Waals surface area contributed by atoms with Crippen LogP contribution in [0.5, 0.6) is 0 Å². The van der Waals surface area contributed by atoms with Gasteiger partial charge in [-0.05, 0) is 96.8 Å². The molecule has 0 bridgehead atoms. The largest absolute Gasteiger partial charge is 0.369 e. The van der Waals surface area contributed by atoms with Gasteiger partial charge in [-0.15, -0.1) is 0 Å². The van der Waals surface area contributed by atoms with E-state index < -0.39 is 0 Å². The molecule has 7 heteroatoms. The highest BCUT2D eigenvalue weighted by Gasteiger charge is 2.28. The lowest BCUT2D eigenvalue weighted by Crippen LogP contribution is -2.42. The van der Waals surface area contributed by atoms with E-state index in [1.165, 1.54) is 12.8 Å². The zero-order chi connectivity index (χ0) is 25.3. The zero-order valence-electron chi connectivity index (χ0n) is 21.9. The number of pyridine rings is 1. The third-order valence-electron chi connectivity index (χ3n) is 7.69. The number of carbonyl (C=O) groups excluding carboxylic acids is 1. The maximum Gasteiger partial charge on any atom is 0.251 e. The Bertz CT molecular complexity index is 1210. The Morgan fingerprint density at radius 2 is 1.80 bits per heavy atom. The van der Waals surface area contributed by atoms with Crippen LogP contribution in [-0.2, 0) is 6.54 Å². The number of halogens is 1. The van der Waals surface area contributed by atoms with Crippen LogP contribution in [0.2, 0.25) is 5.02 Å². The van der Waals surface area contributed by atoms with Crippen LogP contribution in [0.15, 0.2) is 30.6 Å². The molecule has 1 saturated carbocycles. The average Bonchev–Trinajstić information content (AvgIpc) is 3.32. The van der Waals surface area contributed by atoms with Crippen molar-refractivity contribution in [2.75, 3.05) is 25.5 Å². The number of benzene rings is 1. The normalized spacial score (nSPS) is 18.3. The van der Waals surface area contributed by atoms with Gasteiger partial charge < -0.3 is 19.5 Å². The van der Waals surface area contributed by atoms with Crippen molar-refractivity contribution in [1.29, 1.82) is 0 Å². The highest BCUT2D eigenvalue weighted by atomic mass is 35.5. The first-order chi connectivity index (χ1) is 16.7. The van der Waals surface area contributed by atoms with Crippen molar-refractivity contribution < 1.29 is 4.79 Å². The number of aromatic nitrogens is 2. The molecule has 6 nitrogen and oxygen atoms in total. The van der Waals surface area contributed by atoms with E-state index in [0.29, 0.717) is 29.2 Å². The second kappa shape index (κ2) is 10.6. The lowest BCUT2D eigenvalue weighted by molar-refractivity contribution is 0.0950. The summed E-state index contributed by atoms with van der Waals surface area (Å²) in [5.41, 5.74) is 6.85. The molecule has 1 aliphatic rings. The Labute approximate surface area is 214 Å². The zero-order valence-corrected chi connectivity index (χ0v) is 22.6. The number of nitrogens with zero attached hydrogens (tertiary/aromatic N) is 4. The Balaban J connectivity index is 1.56. The standard InChI is InChI=1S/C28H38ClN5O/c1-7-33(23-10-8-22(9-11-23)32(5)6)26-16-21(29)15-24(20(26)4)28(35)31-17-25-18(2)14-19(3)34-13-12-30-27(25)34/h12-16,22-23H,7-11,17H2,1-6H3,(H,31,35)/t22-,23-. The number of hydrogen-bond donors (Lipinski definition) is 1. The summed E-state index contributed by atoms with van der Waals surface area (Å²) in [5, 5.41) is 3.73. The van der Waals surface area contributed by atoms with Gasteiger partial charge >= 0.3 is 0 Å². The van der Waals surface area contributed by atoms with Gasteiger partial charge in [0.15, 0.2) is 0 Å².